The highest BCUT2D eigenvalue weighted by molar-refractivity contribution is 5.95. The lowest BCUT2D eigenvalue weighted by molar-refractivity contribution is -0.137. The Hall–Kier alpha value is -2.90. The van der Waals surface area contributed by atoms with E-state index in [0.717, 1.165) is 30.3 Å². The number of carbonyl (C=O) groups excluding carboxylic acids is 2. The van der Waals surface area contributed by atoms with Crippen molar-refractivity contribution < 1.29 is 27.2 Å². The Morgan fingerprint density at radius 3 is 1.96 bits per heavy atom. The zero-order valence-corrected chi connectivity index (χ0v) is 12.9. The predicted molar refractivity (Wildman–Crippen MR) is 82.5 cm³/mol. The van der Waals surface area contributed by atoms with E-state index in [1.54, 1.807) is 0 Å². The molecule has 2 amide bonds. The van der Waals surface area contributed by atoms with Crippen molar-refractivity contribution in [3.63, 3.8) is 0 Å². The van der Waals surface area contributed by atoms with Crippen LogP contribution < -0.4 is 10.6 Å². The van der Waals surface area contributed by atoms with E-state index in [2.05, 4.69) is 10.6 Å². The van der Waals surface area contributed by atoms with Crippen LogP contribution in [-0.2, 0) is 6.18 Å². The van der Waals surface area contributed by atoms with Gasteiger partial charge in [0, 0.05) is 18.7 Å². The number of rotatable bonds is 5. The molecular weight excluding hydrogens is 340 g/mol. The second-order valence-electron chi connectivity index (χ2n) is 5.07. The van der Waals surface area contributed by atoms with Crippen LogP contribution in [0, 0.1) is 5.82 Å². The molecule has 0 aliphatic rings. The molecule has 0 heterocycles. The van der Waals surface area contributed by atoms with Gasteiger partial charge in [0.15, 0.2) is 0 Å². The summed E-state index contributed by atoms with van der Waals surface area (Å²) in [5, 5.41) is 4.88. The third-order valence-corrected chi connectivity index (χ3v) is 3.29. The van der Waals surface area contributed by atoms with Crippen LogP contribution in [0.25, 0.3) is 0 Å². The fourth-order valence-electron chi connectivity index (χ4n) is 2.01. The molecule has 0 aliphatic heterocycles. The van der Waals surface area contributed by atoms with E-state index in [1.165, 1.54) is 18.2 Å². The quantitative estimate of drug-likeness (QED) is 0.641. The van der Waals surface area contributed by atoms with Crippen molar-refractivity contribution in [1.29, 1.82) is 0 Å². The van der Waals surface area contributed by atoms with Crippen LogP contribution in [0.1, 0.15) is 26.3 Å². The normalized spacial score (nSPS) is 11.0. The first-order valence-corrected chi connectivity index (χ1v) is 7.27. The lowest BCUT2D eigenvalue weighted by Gasteiger charge is -2.09. The molecule has 0 aliphatic carbocycles. The molecule has 8 heteroatoms. The maximum absolute atomic E-state index is 13.4. The number of hydrogen-bond acceptors (Lipinski definition) is 2. The molecule has 2 aromatic rings. The maximum Gasteiger partial charge on any atom is 0.416 e. The van der Waals surface area contributed by atoms with Crippen molar-refractivity contribution in [3.05, 3.63) is 71.0 Å². The van der Waals surface area contributed by atoms with Crippen molar-refractivity contribution in [2.45, 2.75) is 6.18 Å². The molecule has 0 bridgehead atoms. The molecule has 2 aromatic carbocycles. The average molecular weight is 354 g/mol. The van der Waals surface area contributed by atoms with E-state index in [4.69, 9.17) is 0 Å². The van der Waals surface area contributed by atoms with Gasteiger partial charge >= 0.3 is 6.18 Å². The Morgan fingerprint density at radius 2 is 1.40 bits per heavy atom. The molecule has 0 fully saturated rings. The minimum absolute atomic E-state index is 0.0412. The number of halogens is 4. The first kappa shape index (κ1) is 18.4. The molecule has 132 valence electrons. The first-order chi connectivity index (χ1) is 11.8. The Kier molecular flexibility index (Phi) is 5.74. The summed E-state index contributed by atoms with van der Waals surface area (Å²) in [6, 6.07) is 9.21. The van der Waals surface area contributed by atoms with Gasteiger partial charge in [0.05, 0.1) is 11.1 Å². The fourth-order valence-corrected chi connectivity index (χ4v) is 2.01. The largest absolute Gasteiger partial charge is 0.416 e. The van der Waals surface area contributed by atoms with Crippen molar-refractivity contribution in [3.8, 4) is 0 Å². The Bertz CT molecular complexity index is 758. The lowest BCUT2D eigenvalue weighted by Crippen LogP contribution is -2.35. The summed E-state index contributed by atoms with van der Waals surface area (Å²) in [6.45, 7) is 0.0829. The molecule has 0 saturated carbocycles. The lowest BCUT2D eigenvalue weighted by atomic mass is 10.1. The summed E-state index contributed by atoms with van der Waals surface area (Å²) in [5.74, 6) is -1.86. The van der Waals surface area contributed by atoms with Gasteiger partial charge in [-0.25, -0.2) is 4.39 Å². The van der Waals surface area contributed by atoms with Gasteiger partial charge in [-0.3, -0.25) is 9.59 Å². The Balaban J connectivity index is 1.81. The fraction of sp³-hybridized carbons (Fsp3) is 0.176. The van der Waals surface area contributed by atoms with Crippen molar-refractivity contribution in [1.82, 2.24) is 10.6 Å². The van der Waals surface area contributed by atoms with Crippen LogP contribution in [0.3, 0.4) is 0 Å². The summed E-state index contributed by atoms with van der Waals surface area (Å²) in [6.07, 6.45) is -4.47. The van der Waals surface area contributed by atoms with Gasteiger partial charge < -0.3 is 10.6 Å². The third-order valence-electron chi connectivity index (χ3n) is 3.29. The first-order valence-electron chi connectivity index (χ1n) is 7.27. The maximum atomic E-state index is 13.4. The van der Waals surface area contributed by atoms with E-state index in [0.29, 0.717) is 0 Å². The highest BCUT2D eigenvalue weighted by atomic mass is 19.4. The molecule has 0 unspecified atom stereocenters. The number of nitrogens with one attached hydrogen (secondary N) is 2. The molecule has 0 spiro atoms. The molecule has 0 atom stereocenters. The zero-order chi connectivity index (χ0) is 18.4. The minimum atomic E-state index is -4.47. The van der Waals surface area contributed by atoms with E-state index < -0.39 is 29.4 Å². The summed E-state index contributed by atoms with van der Waals surface area (Å²) < 4.78 is 50.7. The molecule has 25 heavy (non-hydrogen) atoms. The van der Waals surface area contributed by atoms with Crippen LogP contribution in [0.4, 0.5) is 17.6 Å². The van der Waals surface area contributed by atoms with Gasteiger partial charge in [-0.15, -0.1) is 0 Å². The van der Waals surface area contributed by atoms with Crippen LogP contribution in [0.2, 0.25) is 0 Å². The van der Waals surface area contributed by atoms with E-state index in [-0.39, 0.29) is 24.2 Å². The SMILES string of the molecule is O=C(NCCNC(=O)c1ccccc1F)c1ccc(C(F)(F)F)cc1. The van der Waals surface area contributed by atoms with Gasteiger partial charge in [-0.2, -0.15) is 13.2 Å². The topological polar surface area (TPSA) is 58.2 Å². The number of carbonyl (C=O) groups is 2. The molecule has 0 saturated heterocycles. The smallest absolute Gasteiger partial charge is 0.350 e. The van der Waals surface area contributed by atoms with Crippen LogP contribution in [0.5, 0.6) is 0 Å². The minimum Gasteiger partial charge on any atom is -0.350 e. The van der Waals surface area contributed by atoms with Crippen LogP contribution in [-0.4, -0.2) is 24.9 Å². The number of benzene rings is 2. The number of amides is 2. The highest BCUT2D eigenvalue weighted by Gasteiger charge is 2.30. The summed E-state index contributed by atoms with van der Waals surface area (Å²) >= 11 is 0. The van der Waals surface area contributed by atoms with Gasteiger partial charge in [0.1, 0.15) is 5.82 Å². The monoisotopic (exact) mass is 354 g/mol. The standard InChI is InChI=1S/C17H14F4N2O2/c18-14-4-2-1-3-13(14)16(25)23-10-9-22-15(24)11-5-7-12(8-6-11)17(19,20)21/h1-8H,9-10H2,(H,22,24)(H,23,25). The molecule has 0 aromatic heterocycles. The molecule has 2 N–H and O–H groups in total. The predicted octanol–water partition coefficient (Wildman–Crippen LogP) is 3.00. The van der Waals surface area contributed by atoms with Crippen LogP contribution >= 0.6 is 0 Å². The third kappa shape index (κ3) is 5.03. The van der Waals surface area contributed by atoms with E-state index >= 15 is 0 Å². The molecular formula is C17H14F4N2O2. The molecule has 0 radical (unpaired) electrons. The van der Waals surface area contributed by atoms with Gasteiger partial charge in [0.2, 0.25) is 0 Å². The Morgan fingerprint density at radius 1 is 0.840 bits per heavy atom. The van der Waals surface area contributed by atoms with Gasteiger partial charge in [-0.1, -0.05) is 12.1 Å². The highest BCUT2D eigenvalue weighted by Crippen LogP contribution is 2.29. The van der Waals surface area contributed by atoms with E-state index in [1.807, 2.05) is 0 Å². The summed E-state index contributed by atoms with van der Waals surface area (Å²) in [7, 11) is 0. The number of hydrogen-bond donors (Lipinski definition) is 2. The van der Waals surface area contributed by atoms with Crippen molar-refractivity contribution >= 4 is 11.8 Å². The molecule has 2 rings (SSSR count). The summed E-state index contributed by atoms with van der Waals surface area (Å²) in [4.78, 5) is 23.6. The van der Waals surface area contributed by atoms with Crippen LogP contribution in [0.15, 0.2) is 48.5 Å². The van der Waals surface area contributed by atoms with Gasteiger partial charge in [-0.05, 0) is 36.4 Å². The number of alkyl halides is 3. The second kappa shape index (κ2) is 7.78. The zero-order valence-electron chi connectivity index (χ0n) is 12.9. The van der Waals surface area contributed by atoms with E-state index in [9.17, 15) is 27.2 Å². The van der Waals surface area contributed by atoms with Crippen molar-refractivity contribution in [2.24, 2.45) is 0 Å². The average Bonchev–Trinajstić information content (AvgIpc) is 2.58. The van der Waals surface area contributed by atoms with Crippen molar-refractivity contribution in [2.75, 3.05) is 13.1 Å². The summed E-state index contributed by atoms with van der Waals surface area (Å²) in [5.41, 5.74) is -0.897. The molecule has 4 nitrogen and oxygen atoms in total. The Labute approximate surface area is 140 Å². The van der Waals surface area contributed by atoms with Gasteiger partial charge in [0.25, 0.3) is 11.8 Å². The second-order valence-corrected chi connectivity index (χ2v) is 5.07.